The molecule has 0 spiro atoms. The van der Waals surface area contributed by atoms with Crippen molar-refractivity contribution in [2.24, 2.45) is 0 Å². The van der Waals surface area contributed by atoms with Crippen LogP contribution in [-0.4, -0.2) is 29.9 Å². The van der Waals surface area contributed by atoms with Crippen LogP contribution >= 0.6 is 0 Å². The Morgan fingerprint density at radius 2 is 1.34 bits per heavy atom. The summed E-state index contributed by atoms with van der Waals surface area (Å²) in [5.74, 6) is 0.155. The van der Waals surface area contributed by atoms with Crippen LogP contribution in [0.1, 0.15) is 0 Å². The van der Waals surface area contributed by atoms with Gasteiger partial charge >= 0.3 is 5.25 Å². The van der Waals surface area contributed by atoms with Crippen LogP contribution in [0, 0.1) is 0 Å². The summed E-state index contributed by atoms with van der Waals surface area (Å²) in [6.07, 6.45) is 0. The first-order valence-corrected chi connectivity index (χ1v) is 11.0. The SMILES string of the molecule is O=S(=O)([O-])C(F)(F)COc1ccc([S+](c2ccccc2)c2ccc(O)cc2)cc1. The van der Waals surface area contributed by atoms with Gasteiger partial charge in [-0.15, -0.1) is 0 Å². The van der Waals surface area contributed by atoms with Gasteiger partial charge in [0.15, 0.2) is 31.4 Å². The van der Waals surface area contributed by atoms with Crippen molar-refractivity contribution in [1.82, 2.24) is 0 Å². The molecule has 0 bridgehead atoms. The lowest BCUT2D eigenvalue weighted by Crippen LogP contribution is -2.35. The van der Waals surface area contributed by atoms with Crippen LogP contribution in [0.4, 0.5) is 8.78 Å². The lowest BCUT2D eigenvalue weighted by Gasteiger charge is -2.20. The second-order valence-corrected chi connectivity index (χ2v) is 9.50. The summed E-state index contributed by atoms with van der Waals surface area (Å²) in [7, 11) is -6.32. The monoisotopic (exact) mass is 438 g/mol. The maximum Gasteiger partial charge on any atom is 0.367 e. The number of alkyl halides is 2. The summed E-state index contributed by atoms with van der Waals surface area (Å²) in [6, 6.07) is 22.6. The average Bonchev–Trinajstić information content (AvgIpc) is 2.69. The van der Waals surface area contributed by atoms with E-state index in [1.54, 1.807) is 36.4 Å². The first kappa shape index (κ1) is 21.1. The van der Waals surface area contributed by atoms with Gasteiger partial charge in [0, 0.05) is 0 Å². The minimum atomic E-state index is -5.80. The molecular formula is C20H16F2O5S2. The van der Waals surface area contributed by atoms with E-state index in [-0.39, 0.29) is 11.5 Å². The fourth-order valence-electron chi connectivity index (χ4n) is 2.46. The van der Waals surface area contributed by atoms with Crippen LogP contribution in [0.15, 0.2) is 93.5 Å². The zero-order chi connectivity index (χ0) is 21.1. The number of halogens is 2. The molecule has 1 unspecified atom stereocenters. The molecule has 0 saturated carbocycles. The standard InChI is InChI=1S/C20H16F2O5S2/c21-20(22,29(24,25)26)14-27-16-8-12-19(13-9-16)28(17-4-2-1-3-5-17)18-10-6-15(23)7-11-18/h1-13H,14H2,(H-,23,24,25,26). The van der Waals surface area contributed by atoms with Crippen LogP contribution in [0.5, 0.6) is 11.5 Å². The second-order valence-electron chi connectivity index (χ2n) is 5.96. The van der Waals surface area contributed by atoms with Crippen LogP contribution in [0.3, 0.4) is 0 Å². The Bertz CT molecular complexity index is 1050. The topological polar surface area (TPSA) is 86.7 Å². The molecule has 3 aromatic rings. The Hall–Kier alpha value is -2.62. The van der Waals surface area contributed by atoms with E-state index in [4.69, 9.17) is 4.74 Å². The molecule has 3 rings (SSSR count). The molecule has 9 heteroatoms. The van der Waals surface area contributed by atoms with Crippen molar-refractivity contribution in [3.63, 3.8) is 0 Å². The van der Waals surface area contributed by atoms with E-state index >= 15 is 0 Å². The van der Waals surface area contributed by atoms with Crippen molar-refractivity contribution in [1.29, 1.82) is 0 Å². The number of benzene rings is 3. The largest absolute Gasteiger partial charge is 0.743 e. The van der Waals surface area contributed by atoms with Gasteiger partial charge in [0.05, 0.1) is 10.9 Å². The summed E-state index contributed by atoms with van der Waals surface area (Å²) in [6.45, 7) is -1.56. The normalized spacial score (nSPS) is 13.1. The summed E-state index contributed by atoms with van der Waals surface area (Å²) < 4.78 is 63.0. The Morgan fingerprint density at radius 1 is 0.862 bits per heavy atom. The van der Waals surface area contributed by atoms with Gasteiger partial charge in [-0.1, -0.05) is 18.2 Å². The number of aromatic hydroxyl groups is 1. The lowest BCUT2D eigenvalue weighted by atomic mass is 10.3. The van der Waals surface area contributed by atoms with Crippen molar-refractivity contribution >= 4 is 21.0 Å². The van der Waals surface area contributed by atoms with E-state index in [0.29, 0.717) is 0 Å². The Balaban J connectivity index is 1.87. The van der Waals surface area contributed by atoms with Gasteiger partial charge in [-0.25, -0.2) is 8.42 Å². The van der Waals surface area contributed by atoms with Crippen molar-refractivity contribution in [3.8, 4) is 11.5 Å². The van der Waals surface area contributed by atoms with E-state index in [2.05, 4.69) is 0 Å². The summed E-state index contributed by atoms with van der Waals surface area (Å²) >= 11 is 0. The summed E-state index contributed by atoms with van der Waals surface area (Å²) in [5, 5.41) is 5.05. The Kier molecular flexibility index (Phi) is 6.11. The molecule has 0 heterocycles. The van der Waals surface area contributed by atoms with Crippen molar-refractivity contribution in [2.45, 2.75) is 19.9 Å². The van der Waals surface area contributed by atoms with E-state index in [0.717, 1.165) is 14.7 Å². The smallest absolute Gasteiger partial charge is 0.367 e. The van der Waals surface area contributed by atoms with Crippen LogP contribution in [-0.2, 0) is 21.0 Å². The average molecular weight is 438 g/mol. The Morgan fingerprint density at radius 3 is 1.86 bits per heavy atom. The Labute approximate surface area is 169 Å². The fourth-order valence-corrected chi connectivity index (χ4v) is 4.72. The third kappa shape index (κ3) is 5.06. The molecule has 0 fully saturated rings. The lowest BCUT2D eigenvalue weighted by molar-refractivity contribution is 0.0279. The van der Waals surface area contributed by atoms with Crippen LogP contribution in [0.2, 0.25) is 0 Å². The van der Waals surface area contributed by atoms with E-state index < -0.39 is 32.9 Å². The quantitative estimate of drug-likeness (QED) is 0.445. The fraction of sp³-hybridized carbons (Fsp3) is 0.100. The highest BCUT2D eigenvalue weighted by molar-refractivity contribution is 7.97. The minimum absolute atomic E-state index is 0.0133. The zero-order valence-electron chi connectivity index (χ0n) is 14.9. The molecule has 0 saturated heterocycles. The highest BCUT2D eigenvalue weighted by atomic mass is 32.2. The maximum absolute atomic E-state index is 13.3. The van der Waals surface area contributed by atoms with Gasteiger partial charge in [0.1, 0.15) is 11.5 Å². The molecule has 29 heavy (non-hydrogen) atoms. The number of phenols is 1. The number of hydrogen-bond donors (Lipinski definition) is 1. The molecular weight excluding hydrogens is 422 g/mol. The molecule has 0 aliphatic rings. The van der Waals surface area contributed by atoms with Gasteiger partial charge in [-0.3, -0.25) is 0 Å². The summed E-state index contributed by atoms with van der Waals surface area (Å²) in [4.78, 5) is 2.81. The number of hydrogen-bond acceptors (Lipinski definition) is 5. The number of phenolic OH excluding ortho intramolecular Hbond substituents is 1. The first-order valence-electron chi connectivity index (χ1n) is 8.32. The third-order valence-corrected chi connectivity index (χ3v) is 6.96. The van der Waals surface area contributed by atoms with E-state index in [1.807, 2.05) is 30.3 Å². The molecule has 0 aliphatic carbocycles. The van der Waals surface area contributed by atoms with E-state index in [9.17, 15) is 26.9 Å². The molecule has 1 atom stereocenters. The highest BCUT2D eigenvalue weighted by Gasteiger charge is 2.38. The van der Waals surface area contributed by atoms with Crippen molar-refractivity contribution in [2.75, 3.05) is 6.61 Å². The van der Waals surface area contributed by atoms with Gasteiger partial charge in [-0.05, 0) is 60.7 Å². The predicted octanol–water partition coefficient (Wildman–Crippen LogP) is 4.00. The van der Waals surface area contributed by atoms with Gasteiger partial charge in [0.2, 0.25) is 0 Å². The molecule has 152 valence electrons. The number of ether oxygens (including phenoxy) is 1. The molecule has 0 aromatic heterocycles. The van der Waals surface area contributed by atoms with Gasteiger partial charge in [0.25, 0.3) is 0 Å². The maximum atomic E-state index is 13.3. The van der Waals surface area contributed by atoms with Crippen molar-refractivity contribution < 1.29 is 31.6 Å². The molecule has 1 N–H and O–H groups in total. The van der Waals surface area contributed by atoms with Crippen LogP contribution in [0.25, 0.3) is 0 Å². The number of rotatable bonds is 7. The van der Waals surface area contributed by atoms with Gasteiger partial charge in [-0.2, -0.15) is 8.78 Å². The van der Waals surface area contributed by atoms with Gasteiger partial charge < -0.3 is 14.4 Å². The molecule has 3 aromatic carbocycles. The second kappa shape index (κ2) is 8.40. The molecule has 0 radical (unpaired) electrons. The highest BCUT2D eigenvalue weighted by Crippen LogP contribution is 2.33. The minimum Gasteiger partial charge on any atom is -0.743 e. The van der Waals surface area contributed by atoms with Crippen molar-refractivity contribution in [3.05, 3.63) is 78.9 Å². The third-order valence-electron chi connectivity index (χ3n) is 3.88. The zero-order valence-corrected chi connectivity index (χ0v) is 16.5. The molecule has 5 nitrogen and oxygen atoms in total. The summed E-state index contributed by atoms with van der Waals surface area (Å²) in [5.41, 5.74) is 0. The van der Waals surface area contributed by atoms with Crippen LogP contribution < -0.4 is 4.74 Å². The first-order chi connectivity index (χ1) is 13.7. The molecule has 0 amide bonds. The molecule has 0 aliphatic heterocycles. The van der Waals surface area contributed by atoms with E-state index in [1.165, 1.54) is 12.1 Å². The predicted molar refractivity (Wildman–Crippen MR) is 103 cm³/mol.